The van der Waals surface area contributed by atoms with E-state index in [1.165, 1.54) is 0 Å². The number of nitrogens with one attached hydrogen (secondary N) is 1. The van der Waals surface area contributed by atoms with Crippen molar-refractivity contribution in [2.24, 2.45) is 7.05 Å². The molecular weight excluding hydrogens is 448 g/mol. The van der Waals surface area contributed by atoms with Crippen LogP contribution in [-0.2, 0) is 13.6 Å². The van der Waals surface area contributed by atoms with Gasteiger partial charge in [0, 0.05) is 18.7 Å². The number of hydrogen-bond acceptors (Lipinski definition) is 7. The number of methoxy groups -OCH3 is 2. The predicted octanol–water partition coefficient (Wildman–Crippen LogP) is 4.05. The number of para-hydroxylation sites is 1. The molecule has 0 unspecified atom stereocenters. The molecule has 0 atom stereocenters. The Hall–Kier alpha value is -4.60. The van der Waals surface area contributed by atoms with Crippen molar-refractivity contribution in [2.45, 2.75) is 13.5 Å². The molecule has 35 heavy (non-hydrogen) atoms. The highest BCUT2D eigenvalue weighted by Gasteiger charge is 2.21. The fraction of sp³-hybridized carbons (Fsp3) is 0.200. The standard InChI is InChI=1S/C25H24N6O4/c1-15-22-17(13-18(19-9-6-12-35-19)27-24(22)30(2)29-15)25(32)28-21-10-11-26-31(21)14-16-7-5-8-20(33-3)23(16)34-4/h5-13H,14H2,1-4H3,(H,28,32). The topological polar surface area (TPSA) is 109 Å². The highest BCUT2D eigenvalue weighted by Crippen LogP contribution is 2.32. The third-order valence-electron chi connectivity index (χ3n) is 5.75. The van der Waals surface area contributed by atoms with Crippen LogP contribution in [-0.4, -0.2) is 44.7 Å². The molecule has 0 spiro atoms. The Morgan fingerprint density at radius 2 is 2.00 bits per heavy atom. The lowest BCUT2D eigenvalue weighted by Crippen LogP contribution is -2.17. The van der Waals surface area contributed by atoms with Crippen LogP contribution in [0.1, 0.15) is 21.6 Å². The van der Waals surface area contributed by atoms with Crippen molar-refractivity contribution in [1.82, 2.24) is 24.5 Å². The summed E-state index contributed by atoms with van der Waals surface area (Å²) in [6.45, 7) is 2.23. The number of aromatic nitrogens is 5. The second kappa shape index (κ2) is 8.98. The molecule has 10 nitrogen and oxygen atoms in total. The number of hydrogen-bond donors (Lipinski definition) is 1. The highest BCUT2D eigenvalue weighted by molar-refractivity contribution is 6.13. The van der Waals surface area contributed by atoms with E-state index in [0.29, 0.717) is 57.6 Å². The fourth-order valence-electron chi connectivity index (χ4n) is 4.16. The zero-order chi connectivity index (χ0) is 24.5. The van der Waals surface area contributed by atoms with E-state index in [1.807, 2.05) is 25.1 Å². The third-order valence-corrected chi connectivity index (χ3v) is 5.75. The average molecular weight is 473 g/mol. The fourth-order valence-corrected chi connectivity index (χ4v) is 4.16. The minimum atomic E-state index is -0.305. The number of ether oxygens (including phenoxy) is 2. The zero-order valence-electron chi connectivity index (χ0n) is 19.8. The number of amides is 1. The highest BCUT2D eigenvalue weighted by atomic mass is 16.5. The Balaban J connectivity index is 1.51. The van der Waals surface area contributed by atoms with Gasteiger partial charge in [-0.15, -0.1) is 0 Å². The predicted molar refractivity (Wildman–Crippen MR) is 130 cm³/mol. The average Bonchev–Trinajstić information content (AvgIpc) is 3.60. The van der Waals surface area contributed by atoms with Gasteiger partial charge in [-0.3, -0.25) is 9.48 Å². The summed E-state index contributed by atoms with van der Waals surface area (Å²) >= 11 is 0. The van der Waals surface area contributed by atoms with Gasteiger partial charge in [0.15, 0.2) is 22.9 Å². The Morgan fingerprint density at radius 1 is 1.14 bits per heavy atom. The number of rotatable bonds is 7. The SMILES string of the molecule is COc1cccc(Cn2nccc2NC(=O)c2cc(-c3ccco3)nc3c2c(C)nn3C)c1OC. The largest absolute Gasteiger partial charge is 0.493 e. The van der Waals surface area contributed by atoms with Crippen LogP contribution in [0.4, 0.5) is 5.82 Å². The maximum atomic E-state index is 13.5. The molecule has 1 N–H and O–H groups in total. The van der Waals surface area contributed by atoms with Crippen molar-refractivity contribution in [3.63, 3.8) is 0 Å². The van der Waals surface area contributed by atoms with Crippen LogP contribution >= 0.6 is 0 Å². The first-order chi connectivity index (χ1) is 17.0. The monoisotopic (exact) mass is 472 g/mol. The van der Waals surface area contributed by atoms with Crippen molar-refractivity contribution >= 4 is 22.8 Å². The van der Waals surface area contributed by atoms with Crippen LogP contribution in [0.5, 0.6) is 11.5 Å². The molecule has 0 fully saturated rings. The molecule has 0 aliphatic rings. The molecule has 0 saturated carbocycles. The molecule has 1 aromatic carbocycles. The lowest BCUT2D eigenvalue weighted by atomic mass is 10.1. The number of anilines is 1. The summed E-state index contributed by atoms with van der Waals surface area (Å²) in [7, 11) is 4.98. The van der Waals surface area contributed by atoms with Crippen molar-refractivity contribution in [3.8, 4) is 23.0 Å². The summed E-state index contributed by atoms with van der Waals surface area (Å²) in [5, 5.41) is 12.5. The number of aryl methyl sites for hydroxylation is 2. The molecule has 1 amide bonds. The van der Waals surface area contributed by atoms with Gasteiger partial charge in [0.2, 0.25) is 0 Å². The molecule has 4 aromatic heterocycles. The van der Waals surface area contributed by atoms with Gasteiger partial charge in [0.1, 0.15) is 11.5 Å². The van der Waals surface area contributed by atoms with Gasteiger partial charge in [-0.25, -0.2) is 9.67 Å². The van der Waals surface area contributed by atoms with E-state index in [1.54, 1.807) is 67.4 Å². The molecule has 5 rings (SSSR count). The molecule has 0 radical (unpaired) electrons. The molecule has 10 heteroatoms. The van der Waals surface area contributed by atoms with Crippen molar-refractivity contribution in [2.75, 3.05) is 19.5 Å². The van der Waals surface area contributed by atoms with Crippen LogP contribution in [0, 0.1) is 6.92 Å². The minimum Gasteiger partial charge on any atom is -0.493 e. The number of fused-ring (bicyclic) bond motifs is 1. The zero-order valence-corrected chi connectivity index (χ0v) is 19.8. The van der Waals surface area contributed by atoms with Crippen molar-refractivity contribution in [1.29, 1.82) is 0 Å². The normalized spacial score (nSPS) is 11.1. The number of furan rings is 1. The Labute approximate surface area is 201 Å². The van der Waals surface area contributed by atoms with Gasteiger partial charge in [-0.2, -0.15) is 10.2 Å². The summed E-state index contributed by atoms with van der Waals surface area (Å²) in [4.78, 5) is 18.2. The molecule has 178 valence electrons. The third kappa shape index (κ3) is 3.99. The molecule has 0 aliphatic heterocycles. The van der Waals surface area contributed by atoms with Crippen LogP contribution in [0.2, 0.25) is 0 Å². The van der Waals surface area contributed by atoms with Gasteiger partial charge in [0.05, 0.1) is 49.9 Å². The summed E-state index contributed by atoms with van der Waals surface area (Å²) in [5.41, 5.74) is 3.15. The summed E-state index contributed by atoms with van der Waals surface area (Å²) in [6, 6.07) is 12.7. The molecule has 0 aliphatic carbocycles. The summed E-state index contributed by atoms with van der Waals surface area (Å²) < 4.78 is 19.8. The molecule has 0 saturated heterocycles. The molecule has 0 bridgehead atoms. The van der Waals surface area contributed by atoms with E-state index in [2.05, 4.69) is 20.5 Å². The van der Waals surface area contributed by atoms with Crippen molar-refractivity contribution in [3.05, 3.63) is 71.7 Å². The van der Waals surface area contributed by atoms with E-state index in [0.717, 1.165) is 5.56 Å². The Bertz CT molecular complexity index is 1520. The first-order valence-corrected chi connectivity index (χ1v) is 10.9. The van der Waals surface area contributed by atoms with Gasteiger partial charge in [-0.05, 0) is 31.2 Å². The number of carbonyl (C=O) groups excluding carboxylic acids is 1. The van der Waals surface area contributed by atoms with E-state index in [-0.39, 0.29) is 5.91 Å². The van der Waals surface area contributed by atoms with Crippen LogP contribution in [0.15, 0.2) is 59.3 Å². The Kier molecular flexibility index (Phi) is 5.69. The second-order valence-corrected chi connectivity index (χ2v) is 7.92. The Morgan fingerprint density at radius 3 is 2.74 bits per heavy atom. The summed E-state index contributed by atoms with van der Waals surface area (Å²) in [5.74, 6) is 2.04. The van der Waals surface area contributed by atoms with Crippen molar-refractivity contribution < 1.29 is 18.7 Å². The molecule has 4 heterocycles. The smallest absolute Gasteiger partial charge is 0.257 e. The van der Waals surface area contributed by atoms with Crippen LogP contribution < -0.4 is 14.8 Å². The number of pyridine rings is 1. The van der Waals surface area contributed by atoms with Gasteiger partial charge >= 0.3 is 0 Å². The lowest BCUT2D eigenvalue weighted by molar-refractivity contribution is 0.102. The van der Waals surface area contributed by atoms with Gasteiger partial charge < -0.3 is 19.2 Å². The molecular formula is C25H24N6O4. The first-order valence-electron chi connectivity index (χ1n) is 10.9. The number of benzene rings is 1. The molecule has 5 aromatic rings. The van der Waals surface area contributed by atoms with Gasteiger partial charge in [-0.1, -0.05) is 12.1 Å². The maximum Gasteiger partial charge on any atom is 0.257 e. The van der Waals surface area contributed by atoms with E-state index in [9.17, 15) is 4.79 Å². The first kappa shape index (κ1) is 22.2. The van der Waals surface area contributed by atoms with E-state index < -0.39 is 0 Å². The lowest BCUT2D eigenvalue weighted by Gasteiger charge is -2.14. The summed E-state index contributed by atoms with van der Waals surface area (Å²) in [6.07, 6.45) is 3.20. The van der Waals surface area contributed by atoms with Crippen LogP contribution in [0.25, 0.3) is 22.5 Å². The minimum absolute atomic E-state index is 0.305. The maximum absolute atomic E-state index is 13.5. The number of nitrogens with zero attached hydrogens (tertiary/aromatic N) is 5. The van der Waals surface area contributed by atoms with E-state index >= 15 is 0 Å². The quantitative estimate of drug-likeness (QED) is 0.381. The van der Waals surface area contributed by atoms with Gasteiger partial charge in [0.25, 0.3) is 5.91 Å². The van der Waals surface area contributed by atoms with E-state index in [4.69, 9.17) is 13.9 Å². The number of carbonyl (C=O) groups is 1. The second-order valence-electron chi connectivity index (χ2n) is 7.92. The van der Waals surface area contributed by atoms with Crippen LogP contribution in [0.3, 0.4) is 0 Å².